The molecule has 0 saturated carbocycles. The number of ether oxygens (including phenoxy) is 2. The minimum atomic E-state index is -0.653. The highest BCUT2D eigenvalue weighted by atomic mass is 16.5. The molecule has 0 aromatic carbocycles. The molecule has 2 heterocycles. The molecule has 0 radical (unpaired) electrons. The molecule has 1 unspecified atom stereocenters. The van der Waals surface area contributed by atoms with Crippen LogP contribution < -0.4 is 20.7 Å². The molecule has 2 rings (SSSR count). The van der Waals surface area contributed by atoms with Gasteiger partial charge in [0.05, 0.1) is 6.61 Å². The first kappa shape index (κ1) is 17.0. The van der Waals surface area contributed by atoms with Gasteiger partial charge in [-0.2, -0.15) is 0 Å². The highest BCUT2D eigenvalue weighted by Crippen LogP contribution is 2.34. The number of anilines is 2. The maximum absolute atomic E-state index is 12.6. The highest BCUT2D eigenvalue weighted by molar-refractivity contribution is 6.03. The average Bonchev–Trinajstić information content (AvgIpc) is 2.50. The second-order valence-electron chi connectivity index (χ2n) is 5.61. The number of nitrogens with two attached hydrogens (primary N) is 1. The Morgan fingerprint density at radius 3 is 2.91 bits per heavy atom. The van der Waals surface area contributed by atoms with Crippen LogP contribution in [0.1, 0.15) is 13.8 Å². The molecule has 126 valence electrons. The van der Waals surface area contributed by atoms with Gasteiger partial charge >= 0.3 is 0 Å². The van der Waals surface area contributed by atoms with E-state index in [0.29, 0.717) is 18.9 Å². The van der Waals surface area contributed by atoms with Crippen molar-refractivity contribution in [1.82, 2.24) is 10.3 Å². The SMILES string of the molecule is COCCNC(=O)CN1C(=O)C(C(C)C)Oc2ccc(N)nc21. The van der Waals surface area contributed by atoms with E-state index in [1.165, 1.54) is 4.90 Å². The third-order valence-corrected chi connectivity index (χ3v) is 3.42. The van der Waals surface area contributed by atoms with Crippen molar-refractivity contribution >= 4 is 23.5 Å². The smallest absolute Gasteiger partial charge is 0.270 e. The molecule has 0 spiro atoms. The number of aromatic nitrogens is 1. The highest BCUT2D eigenvalue weighted by Gasteiger charge is 2.38. The number of nitrogens with one attached hydrogen (secondary N) is 1. The molecule has 1 aliphatic rings. The van der Waals surface area contributed by atoms with Crippen molar-refractivity contribution in [2.75, 3.05) is 37.4 Å². The first-order valence-electron chi connectivity index (χ1n) is 7.44. The monoisotopic (exact) mass is 322 g/mol. The zero-order chi connectivity index (χ0) is 17.0. The number of nitrogen functional groups attached to an aromatic ring is 1. The van der Waals surface area contributed by atoms with Gasteiger partial charge in [-0.15, -0.1) is 0 Å². The minimum absolute atomic E-state index is 0.0349. The van der Waals surface area contributed by atoms with Crippen molar-refractivity contribution in [3.63, 3.8) is 0 Å². The predicted molar refractivity (Wildman–Crippen MR) is 85.1 cm³/mol. The Bertz CT molecular complexity index is 591. The van der Waals surface area contributed by atoms with Gasteiger partial charge in [0, 0.05) is 13.7 Å². The lowest BCUT2D eigenvalue weighted by Gasteiger charge is -2.34. The van der Waals surface area contributed by atoms with E-state index < -0.39 is 6.10 Å². The number of methoxy groups -OCH3 is 1. The van der Waals surface area contributed by atoms with Crippen molar-refractivity contribution in [3.05, 3.63) is 12.1 Å². The van der Waals surface area contributed by atoms with Gasteiger partial charge in [0.25, 0.3) is 5.91 Å². The lowest BCUT2D eigenvalue weighted by atomic mass is 10.0. The summed E-state index contributed by atoms with van der Waals surface area (Å²) >= 11 is 0. The van der Waals surface area contributed by atoms with Gasteiger partial charge in [-0.05, 0) is 18.1 Å². The molecule has 8 nitrogen and oxygen atoms in total. The summed E-state index contributed by atoms with van der Waals surface area (Å²) < 4.78 is 10.6. The number of hydrogen-bond acceptors (Lipinski definition) is 6. The Morgan fingerprint density at radius 2 is 2.26 bits per heavy atom. The van der Waals surface area contributed by atoms with Crippen LogP contribution in [0.5, 0.6) is 5.75 Å². The van der Waals surface area contributed by atoms with Crippen LogP contribution in [0.25, 0.3) is 0 Å². The summed E-state index contributed by atoms with van der Waals surface area (Å²) in [6.45, 7) is 4.40. The van der Waals surface area contributed by atoms with E-state index in [4.69, 9.17) is 15.2 Å². The molecule has 1 atom stereocenters. The molecule has 2 amide bonds. The lowest BCUT2D eigenvalue weighted by molar-refractivity contribution is -0.130. The van der Waals surface area contributed by atoms with Crippen molar-refractivity contribution in [1.29, 1.82) is 0 Å². The summed E-state index contributed by atoms with van der Waals surface area (Å²) in [5.41, 5.74) is 5.69. The molecule has 0 saturated heterocycles. The van der Waals surface area contributed by atoms with E-state index in [-0.39, 0.29) is 35.9 Å². The van der Waals surface area contributed by atoms with Crippen molar-refractivity contribution in [2.45, 2.75) is 20.0 Å². The molecule has 0 aliphatic carbocycles. The molecule has 1 aromatic rings. The lowest BCUT2D eigenvalue weighted by Crippen LogP contribution is -2.52. The third kappa shape index (κ3) is 3.89. The molecule has 8 heteroatoms. The number of hydrogen-bond donors (Lipinski definition) is 2. The topological polar surface area (TPSA) is 107 Å². The second-order valence-corrected chi connectivity index (χ2v) is 5.61. The van der Waals surface area contributed by atoms with E-state index in [9.17, 15) is 9.59 Å². The summed E-state index contributed by atoms with van der Waals surface area (Å²) in [5, 5.41) is 2.68. The van der Waals surface area contributed by atoms with E-state index in [0.717, 1.165) is 0 Å². The van der Waals surface area contributed by atoms with Gasteiger partial charge in [-0.3, -0.25) is 14.5 Å². The maximum Gasteiger partial charge on any atom is 0.270 e. The van der Waals surface area contributed by atoms with E-state index in [1.54, 1.807) is 19.2 Å². The van der Waals surface area contributed by atoms with Gasteiger partial charge in [0.15, 0.2) is 17.7 Å². The summed E-state index contributed by atoms with van der Waals surface area (Å²) in [5.74, 6) is 0.346. The predicted octanol–water partition coefficient (Wildman–Crippen LogP) is 0.176. The fourth-order valence-corrected chi connectivity index (χ4v) is 2.25. The molecule has 0 fully saturated rings. The molecule has 1 aliphatic heterocycles. The largest absolute Gasteiger partial charge is 0.476 e. The molecular weight excluding hydrogens is 300 g/mol. The number of nitrogens with zero attached hydrogens (tertiary/aromatic N) is 2. The van der Waals surface area contributed by atoms with Crippen LogP contribution in [0, 0.1) is 5.92 Å². The standard InChI is InChI=1S/C15H22N4O4/c1-9(2)13-15(21)19(8-12(20)17-6-7-22-3)14-10(23-13)4-5-11(16)18-14/h4-5,9,13H,6-8H2,1-3H3,(H2,16,18)(H,17,20). The van der Waals surface area contributed by atoms with Gasteiger partial charge in [-0.1, -0.05) is 13.8 Å². The summed E-state index contributed by atoms with van der Waals surface area (Å²) in [4.78, 5) is 30.1. The van der Waals surface area contributed by atoms with Crippen LogP contribution >= 0.6 is 0 Å². The Morgan fingerprint density at radius 1 is 1.52 bits per heavy atom. The van der Waals surface area contributed by atoms with Gasteiger partial charge < -0.3 is 20.5 Å². The van der Waals surface area contributed by atoms with Crippen molar-refractivity contribution < 1.29 is 19.1 Å². The van der Waals surface area contributed by atoms with Crippen LogP contribution in [-0.2, 0) is 14.3 Å². The Balaban J connectivity index is 2.23. The molecular formula is C15H22N4O4. The van der Waals surface area contributed by atoms with Crippen molar-refractivity contribution in [3.8, 4) is 5.75 Å². The Hall–Kier alpha value is -2.35. The van der Waals surface area contributed by atoms with E-state index in [2.05, 4.69) is 10.3 Å². The van der Waals surface area contributed by atoms with Crippen LogP contribution in [-0.4, -0.2) is 49.7 Å². The van der Waals surface area contributed by atoms with Gasteiger partial charge in [-0.25, -0.2) is 4.98 Å². The summed E-state index contributed by atoms with van der Waals surface area (Å²) in [6, 6.07) is 3.26. The Kier molecular flexibility index (Phi) is 5.38. The number of amides is 2. The molecule has 23 heavy (non-hydrogen) atoms. The van der Waals surface area contributed by atoms with Crippen LogP contribution in [0.2, 0.25) is 0 Å². The molecule has 3 N–H and O–H groups in total. The van der Waals surface area contributed by atoms with Crippen LogP contribution in [0.15, 0.2) is 12.1 Å². The van der Waals surface area contributed by atoms with Gasteiger partial charge in [0.2, 0.25) is 5.91 Å². The number of carbonyl (C=O) groups is 2. The summed E-state index contributed by atoms with van der Waals surface area (Å²) in [7, 11) is 1.55. The number of rotatable bonds is 6. The second kappa shape index (κ2) is 7.28. The summed E-state index contributed by atoms with van der Waals surface area (Å²) in [6.07, 6.45) is -0.653. The Labute approximate surface area is 134 Å². The van der Waals surface area contributed by atoms with Gasteiger partial charge in [0.1, 0.15) is 12.4 Å². The fraction of sp³-hybridized carbons (Fsp3) is 0.533. The zero-order valence-electron chi connectivity index (χ0n) is 13.5. The normalized spacial score (nSPS) is 17.0. The van der Waals surface area contributed by atoms with Crippen LogP contribution in [0.4, 0.5) is 11.6 Å². The molecule has 1 aromatic heterocycles. The third-order valence-electron chi connectivity index (χ3n) is 3.42. The zero-order valence-corrected chi connectivity index (χ0v) is 13.5. The van der Waals surface area contributed by atoms with E-state index in [1.807, 2.05) is 13.8 Å². The first-order valence-corrected chi connectivity index (χ1v) is 7.44. The maximum atomic E-state index is 12.6. The minimum Gasteiger partial charge on any atom is -0.476 e. The number of carbonyl (C=O) groups excluding carboxylic acids is 2. The quantitative estimate of drug-likeness (QED) is 0.723. The first-order chi connectivity index (χ1) is 10.9. The van der Waals surface area contributed by atoms with Crippen molar-refractivity contribution in [2.24, 2.45) is 5.92 Å². The fourth-order valence-electron chi connectivity index (χ4n) is 2.25. The van der Waals surface area contributed by atoms with E-state index >= 15 is 0 Å². The molecule has 0 bridgehead atoms. The number of fused-ring (bicyclic) bond motifs is 1. The van der Waals surface area contributed by atoms with Crippen LogP contribution in [0.3, 0.4) is 0 Å². The number of pyridine rings is 1. The average molecular weight is 322 g/mol.